The van der Waals surface area contributed by atoms with Crippen molar-refractivity contribution >= 4 is 17.4 Å². The van der Waals surface area contributed by atoms with Crippen molar-refractivity contribution in [3.8, 4) is 0 Å². The average Bonchev–Trinajstić information content (AvgIpc) is 2.34. The highest BCUT2D eigenvalue weighted by Gasteiger charge is 2.06. The van der Waals surface area contributed by atoms with E-state index in [0.29, 0.717) is 12.6 Å². The molecular weight excluding hydrogens is 236 g/mol. The lowest BCUT2D eigenvalue weighted by atomic mass is 10.2. The van der Waals surface area contributed by atoms with Crippen LogP contribution in [-0.2, 0) is 6.54 Å². The Bertz CT molecular complexity index is 371. The van der Waals surface area contributed by atoms with E-state index >= 15 is 0 Å². The van der Waals surface area contributed by atoms with Crippen LogP contribution < -0.4 is 5.32 Å². The van der Waals surface area contributed by atoms with Crippen LogP contribution in [0.3, 0.4) is 0 Å². The quantitative estimate of drug-likeness (QED) is 0.600. The Labute approximate surface area is 106 Å². The predicted octanol–water partition coefficient (Wildman–Crippen LogP) is 2.83. The van der Waals surface area contributed by atoms with Crippen LogP contribution >= 0.6 is 11.8 Å². The Morgan fingerprint density at radius 1 is 1.53 bits per heavy atom. The number of non-ortho nitro benzene ring substituents is 1. The molecule has 0 fully saturated rings. The summed E-state index contributed by atoms with van der Waals surface area (Å²) >= 11 is 1.89. The molecule has 4 nitrogen and oxygen atoms in total. The molecule has 0 saturated heterocycles. The fourth-order valence-corrected chi connectivity index (χ4v) is 2.13. The molecule has 1 atom stereocenters. The second-order valence-corrected chi connectivity index (χ2v) is 5.19. The Morgan fingerprint density at radius 3 is 2.94 bits per heavy atom. The third-order valence-electron chi connectivity index (χ3n) is 2.35. The highest BCUT2D eigenvalue weighted by atomic mass is 32.2. The second-order valence-electron chi connectivity index (χ2n) is 3.87. The van der Waals surface area contributed by atoms with Gasteiger partial charge in [0.15, 0.2) is 0 Å². The van der Waals surface area contributed by atoms with Crippen molar-refractivity contribution in [2.24, 2.45) is 0 Å². The second kappa shape index (κ2) is 7.29. The summed E-state index contributed by atoms with van der Waals surface area (Å²) in [4.78, 5) is 10.3. The first-order valence-corrected chi connectivity index (χ1v) is 6.83. The minimum Gasteiger partial charge on any atom is -0.309 e. The molecule has 0 amide bonds. The van der Waals surface area contributed by atoms with E-state index in [-0.39, 0.29) is 10.6 Å². The van der Waals surface area contributed by atoms with Crippen LogP contribution in [0.25, 0.3) is 0 Å². The fraction of sp³-hybridized carbons (Fsp3) is 0.500. The lowest BCUT2D eigenvalue weighted by molar-refractivity contribution is -0.384. The lowest BCUT2D eigenvalue weighted by Gasteiger charge is -2.12. The first kappa shape index (κ1) is 14.0. The SMILES string of the molecule is CCSCC(C)NCc1cccc([N+](=O)[O-])c1. The van der Waals surface area contributed by atoms with Crippen molar-refractivity contribution in [3.63, 3.8) is 0 Å². The van der Waals surface area contributed by atoms with Gasteiger partial charge in [-0.05, 0) is 18.2 Å². The summed E-state index contributed by atoms with van der Waals surface area (Å²) in [5.74, 6) is 2.17. The van der Waals surface area contributed by atoms with E-state index < -0.39 is 0 Å². The van der Waals surface area contributed by atoms with Crippen LogP contribution in [0.15, 0.2) is 24.3 Å². The van der Waals surface area contributed by atoms with Crippen molar-refractivity contribution in [1.29, 1.82) is 0 Å². The molecule has 17 heavy (non-hydrogen) atoms. The Kier molecular flexibility index (Phi) is 6.00. The molecule has 1 aromatic carbocycles. The van der Waals surface area contributed by atoms with Crippen molar-refractivity contribution in [3.05, 3.63) is 39.9 Å². The van der Waals surface area contributed by atoms with Gasteiger partial charge in [0.25, 0.3) is 5.69 Å². The number of hydrogen-bond acceptors (Lipinski definition) is 4. The molecule has 0 aliphatic carbocycles. The maximum absolute atomic E-state index is 10.6. The van der Waals surface area contributed by atoms with E-state index in [1.165, 1.54) is 6.07 Å². The van der Waals surface area contributed by atoms with Crippen LogP contribution in [0.1, 0.15) is 19.4 Å². The monoisotopic (exact) mass is 254 g/mol. The molecule has 0 aliphatic heterocycles. The first-order chi connectivity index (χ1) is 8.13. The van der Waals surface area contributed by atoms with Gasteiger partial charge < -0.3 is 5.32 Å². The largest absolute Gasteiger partial charge is 0.309 e. The zero-order valence-electron chi connectivity index (χ0n) is 10.2. The summed E-state index contributed by atoms with van der Waals surface area (Å²) < 4.78 is 0. The Balaban J connectivity index is 2.46. The molecule has 0 bridgehead atoms. The number of rotatable bonds is 7. The fourth-order valence-electron chi connectivity index (χ4n) is 1.43. The van der Waals surface area contributed by atoms with Crippen LogP contribution in [0, 0.1) is 10.1 Å². The normalized spacial score (nSPS) is 12.4. The Hall–Kier alpha value is -1.07. The molecule has 0 radical (unpaired) electrons. The van der Waals surface area contributed by atoms with Gasteiger partial charge in [0.05, 0.1) is 4.92 Å². The van der Waals surface area contributed by atoms with E-state index in [1.807, 2.05) is 17.8 Å². The minimum absolute atomic E-state index is 0.153. The molecule has 94 valence electrons. The molecule has 1 rings (SSSR count). The van der Waals surface area contributed by atoms with Crippen LogP contribution in [0.5, 0.6) is 0 Å². The summed E-state index contributed by atoms with van der Waals surface area (Å²) in [7, 11) is 0. The van der Waals surface area contributed by atoms with E-state index in [1.54, 1.807) is 12.1 Å². The van der Waals surface area contributed by atoms with E-state index in [0.717, 1.165) is 17.1 Å². The van der Waals surface area contributed by atoms with Crippen LogP contribution in [0.4, 0.5) is 5.69 Å². The van der Waals surface area contributed by atoms with Gasteiger partial charge in [0.2, 0.25) is 0 Å². The third kappa shape index (κ3) is 5.19. The number of nitro benzene ring substituents is 1. The molecule has 0 saturated carbocycles. The topological polar surface area (TPSA) is 55.2 Å². The maximum Gasteiger partial charge on any atom is 0.269 e. The van der Waals surface area contributed by atoms with Gasteiger partial charge in [-0.25, -0.2) is 0 Å². The van der Waals surface area contributed by atoms with Gasteiger partial charge in [0, 0.05) is 30.5 Å². The number of nitrogens with zero attached hydrogens (tertiary/aromatic N) is 1. The standard InChI is InChI=1S/C12H18N2O2S/c1-3-17-9-10(2)13-8-11-5-4-6-12(7-11)14(15)16/h4-7,10,13H,3,8-9H2,1-2H3. The number of nitrogens with one attached hydrogen (secondary N) is 1. The third-order valence-corrected chi connectivity index (χ3v) is 3.49. The van der Waals surface area contributed by atoms with Crippen LogP contribution in [-0.4, -0.2) is 22.5 Å². The van der Waals surface area contributed by atoms with Gasteiger partial charge >= 0.3 is 0 Å². The van der Waals surface area contributed by atoms with Gasteiger partial charge in [-0.2, -0.15) is 11.8 Å². The highest BCUT2D eigenvalue weighted by Crippen LogP contribution is 2.13. The van der Waals surface area contributed by atoms with E-state index in [9.17, 15) is 10.1 Å². The van der Waals surface area contributed by atoms with Crippen molar-refractivity contribution < 1.29 is 4.92 Å². The molecule has 1 N–H and O–H groups in total. The lowest BCUT2D eigenvalue weighted by Crippen LogP contribution is -2.27. The molecule has 1 unspecified atom stereocenters. The number of thioether (sulfide) groups is 1. The maximum atomic E-state index is 10.6. The zero-order valence-corrected chi connectivity index (χ0v) is 11.0. The van der Waals surface area contributed by atoms with Crippen molar-refractivity contribution in [2.45, 2.75) is 26.4 Å². The Morgan fingerprint density at radius 2 is 2.29 bits per heavy atom. The number of hydrogen-bond donors (Lipinski definition) is 1. The number of benzene rings is 1. The van der Waals surface area contributed by atoms with Crippen molar-refractivity contribution in [1.82, 2.24) is 5.32 Å². The molecule has 0 heterocycles. The average molecular weight is 254 g/mol. The first-order valence-electron chi connectivity index (χ1n) is 5.68. The molecule has 1 aromatic rings. The van der Waals surface area contributed by atoms with Crippen molar-refractivity contribution in [2.75, 3.05) is 11.5 Å². The summed E-state index contributed by atoms with van der Waals surface area (Å²) in [6.07, 6.45) is 0. The molecule has 0 aliphatic rings. The number of nitro groups is 1. The van der Waals surface area contributed by atoms with Gasteiger partial charge in [-0.3, -0.25) is 10.1 Å². The predicted molar refractivity (Wildman–Crippen MR) is 72.4 cm³/mol. The van der Waals surface area contributed by atoms with Gasteiger partial charge in [-0.15, -0.1) is 0 Å². The molecule has 0 aromatic heterocycles. The minimum atomic E-state index is -0.361. The highest BCUT2D eigenvalue weighted by molar-refractivity contribution is 7.99. The van der Waals surface area contributed by atoms with E-state index in [2.05, 4.69) is 19.2 Å². The molecule has 5 heteroatoms. The van der Waals surface area contributed by atoms with Gasteiger partial charge in [-0.1, -0.05) is 19.1 Å². The summed E-state index contributed by atoms with van der Waals surface area (Å²) in [5.41, 5.74) is 1.10. The smallest absolute Gasteiger partial charge is 0.269 e. The molecule has 0 spiro atoms. The summed E-state index contributed by atoms with van der Waals surface area (Å²) in [6, 6.07) is 7.17. The van der Waals surface area contributed by atoms with E-state index in [4.69, 9.17) is 0 Å². The zero-order chi connectivity index (χ0) is 12.7. The summed E-state index contributed by atoms with van der Waals surface area (Å²) in [5, 5.41) is 14.0. The van der Waals surface area contributed by atoms with Crippen LogP contribution in [0.2, 0.25) is 0 Å². The summed E-state index contributed by atoms with van der Waals surface area (Å²) in [6.45, 7) is 4.94. The van der Waals surface area contributed by atoms with Gasteiger partial charge in [0.1, 0.15) is 0 Å². The molecular formula is C12H18N2O2S.